The Morgan fingerprint density at radius 3 is 3.05 bits per heavy atom. The van der Waals surface area contributed by atoms with Crippen LogP contribution < -0.4 is 9.64 Å². The molecular formula is C13H19N3O3. The molecule has 1 atom stereocenters. The predicted octanol–water partition coefficient (Wildman–Crippen LogP) is 1.71. The highest BCUT2D eigenvalue weighted by atomic mass is 16.5. The van der Waals surface area contributed by atoms with Gasteiger partial charge in [-0.05, 0) is 33.1 Å². The van der Waals surface area contributed by atoms with Crippen molar-refractivity contribution >= 4 is 11.9 Å². The van der Waals surface area contributed by atoms with E-state index in [-0.39, 0.29) is 0 Å². The number of rotatable bonds is 4. The fourth-order valence-electron chi connectivity index (χ4n) is 2.35. The molecule has 1 aromatic rings. The number of piperidine rings is 1. The Balaban J connectivity index is 2.32. The molecule has 0 bridgehead atoms. The fraction of sp³-hybridized carbons (Fsp3) is 0.615. The van der Waals surface area contributed by atoms with Gasteiger partial charge < -0.3 is 14.7 Å². The van der Waals surface area contributed by atoms with E-state index in [1.54, 1.807) is 24.1 Å². The topological polar surface area (TPSA) is 75.5 Å². The van der Waals surface area contributed by atoms with Crippen molar-refractivity contribution in [1.82, 2.24) is 9.97 Å². The zero-order chi connectivity index (χ0) is 13.9. The van der Waals surface area contributed by atoms with E-state index in [0.717, 1.165) is 12.8 Å². The van der Waals surface area contributed by atoms with Gasteiger partial charge in [-0.25, -0.2) is 9.78 Å². The Morgan fingerprint density at radius 2 is 2.37 bits per heavy atom. The molecular weight excluding hydrogens is 246 g/mol. The quantitative estimate of drug-likeness (QED) is 0.893. The van der Waals surface area contributed by atoms with Gasteiger partial charge in [-0.15, -0.1) is 0 Å². The molecule has 1 aromatic heterocycles. The van der Waals surface area contributed by atoms with E-state index in [4.69, 9.17) is 4.74 Å². The molecule has 19 heavy (non-hydrogen) atoms. The Labute approximate surface area is 112 Å². The maximum Gasteiger partial charge on any atom is 0.329 e. The van der Waals surface area contributed by atoms with Crippen LogP contribution in [0.2, 0.25) is 0 Å². The number of carboxylic acid groups (broad SMARTS) is 1. The van der Waals surface area contributed by atoms with Crippen molar-refractivity contribution in [2.75, 3.05) is 18.1 Å². The first-order valence-electron chi connectivity index (χ1n) is 6.55. The third-order valence-electron chi connectivity index (χ3n) is 3.50. The van der Waals surface area contributed by atoms with E-state index >= 15 is 0 Å². The summed E-state index contributed by atoms with van der Waals surface area (Å²) >= 11 is 0. The number of aromatic nitrogens is 2. The maximum atomic E-state index is 11.5. The highest BCUT2D eigenvalue weighted by molar-refractivity contribution is 5.82. The van der Waals surface area contributed by atoms with Crippen molar-refractivity contribution in [1.29, 1.82) is 0 Å². The molecule has 1 unspecified atom stereocenters. The molecule has 0 saturated carbocycles. The number of ether oxygens (including phenoxy) is 1. The summed E-state index contributed by atoms with van der Waals surface area (Å²) in [4.78, 5) is 21.8. The minimum absolute atomic E-state index is 0.426. The van der Waals surface area contributed by atoms with Crippen molar-refractivity contribution in [3.8, 4) is 5.88 Å². The first kappa shape index (κ1) is 13.6. The maximum absolute atomic E-state index is 11.5. The van der Waals surface area contributed by atoms with E-state index in [2.05, 4.69) is 9.97 Å². The molecule has 1 saturated heterocycles. The van der Waals surface area contributed by atoms with E-state index in [0.29, 0.717) is 31.4 Å². The summed E-state index contributed by atoms with van der Waals surface area (Å²) in [6, 6.07) is 1.68. The average molecular weight is 265 g/mol. The van der Waals surface area contributed by atoms with Crippen molar-refractivity contribution in [3.05, 3.63) is 12.3 Å². The van der Waals surface area contributed by atoms with Crippen LogP contribution in [0.3, 0.4) is 0 Å². The van der Waals surface area contributed by atoms with Gasteiger partial charge in [0.25, 0.3) is 0 Å². The summed E-state index contributed by atoms with van der Waals surface area (Å²) in [5, 5.41) is 9.47. The first-order valence-corrected chi connectivity index (χ1v) is 6.55. The predicted molar refractivity (Wildman–Crippen MR) is 70.4 cm³/mol. The number of carboxylic acids is 1. The lowest BCUT2D eigenvalue weighted by molar-refractivity contribution is -0.143. The van der Waals surface area contributed by atoms with E-state index < -0.39 is 11.5 Å². The molecule has 1 N–H and O–H groups in total. The Hall–Kier alpha value is -1.85. The number of anilines is 1. The van der Waals surface area contributed by atoms with Crippen molar-refractivity contribution in [2.24, 2.45) is 0 Å². The molecule has 2 rings (SSSR count). The second-order valence-electron chi connectivity index (χ2n) is 4.82. The first-order chi connectivity index (χ1) is 9.08. The lowest BCUT2D eigenvalue weighted by Gasteiger charge is -2.41. The standard InChI is InChI=1S/C13H19N3O3/c1-3-19-10-6-8-14-12(15-10)16-9-5-4-7-13(16,2)11(17)18/h6,8H,3-5,7,9H2,1-2H3,(H,17,18). The van der Waals surface area contributed by atoms with Crippen LogP contribution in [0.15, 0.2) is 12.3 Å². The summed E-state index contributed by atoms with van der Waals surface area (Å²) in [5.74, 6) is 0.0685. The minimum atomic E-state index is -0.941. The number of aliphatic carboxylic acids is 1. The normalized spacial score (nSPS) is 23.2. The van der Waals surface area contributed by atoms with Gasteiger partial charge in [-0.2, -0.15) is 4.98 Å². The van der Waals surface area contributed by atoms with Gasteiger partial charge in [-0.3, -0.25) is 0 Å². The molecule has 1 aliphatic rings. The fourth-order valence-corrected chi connectivity index (χ4v) is 2.35. The Bertz CT molecular complexity index is 466. The molecule has 1 fully saturated rings. The second kappa shape index (κ2) is 5.42. The zero-order valence-corrected chi connectivity index (χ0v) is 11.3. The molecule has 6 heteroatoms. The minimum Gasteiger partial charge on any atom is -0.480 e. The smallest absolute Gasteiger partial charge is 0.329 e. The van der Waals surface area contributed by atoms with Crippen LogP contribution in [0.4, 0.5) is 5.95 Å². The van der Waals surface area contributed by atoms with Gasteiger partial charge in [-0.1, -0.05) is 0 Å². The Kier molecular flexibility index (Phi) is 3.87. The van der Waals surface area contributed by atoms with Crippen LogP contribution in [-0.2, 0) is 4.79 Å². The van der Waals surface area contributed by atoms with Crippen LogP contribution in [-0.4, -0.2) is 39.7 Å². The second-order valence-corrected chi connectivity index (χ2v) is 4.82. The lowest BCUT2D eigenvalue weighted by Crippen LogP contribution is -2.56. The van der Waals surface area contributed by atoms with Gasteiger partial charge in [0.05, 0.1) is 6.61 Å². The van der Waals surface area contributed by atoms with Gasteiger partial charge in [0.2, 0.25) is 11.8 Å². The molecule has 1 aliphatic heterocycles. The van der Waals surface area contributed by atoms with E-state index in [1.807, 2.05) is 6.92 Å². The van der Waals surface area contributed by atoms with Crippen LogP contribution >= 0.6 is 0 Å². The molecule has 0 radical (unpaired) electrons. The van der Waals surface area contributed by atoms with Gasteiger partial charge in [0.15, 0.2) is 0 Å². The summed E-state index contributed by atoms with van der Waals surface area (Å²) < 4.78 is 5.34. The number of hydrogen-bond donors (Lipinski definition) is 1. The van der Waals surface area contributed by atoms with Gasteiger partial charge in [0, 0.05) is 18.8 Å². The number of carbonyl (C=O) groups is 1. The third-order valence-corrected chi connectivity index (χ3v) is 3.50. The monoisotopic (exact) mass is 265 g/mol. The molecule has 0 amide bonds. The highest BCUT2D eigenvalue weighted by Gasteiger charge is 2.42. The molecule has 0 aliphatic carbocycles. The van der Waals surface area contributed by atoms with Crippen LogP contribution in [0.25, 0.3) is 0 Å². The SMILES string of the molecule is CCOc1ccnc(N2CCCCC2(C)C(=O)O)n1. The molecule has 104 valence electrons. The van der Waals surface area contributed by atoms with Gasteiger partial charge in [0.1, 0.15) is 5.54 Å². The highest BCUT2D eigenvalue weighted by Crippen LogP contribution is 2.31. The summed E-state index contributed by atoms with van der Waals surface area (Å²) in [6.07, 6.45) is 4.06. The summed E-state index contributed by atoms with van der Waals surface area (Å²) in [6.45, 7) is 4.78. The number of nitrogens with zero attached hydrogens (tertiary/aromatic N) is 3. The summed E-state index contributed by atoms with van der Waals surface area (Å²) in [7, 11) is 0. The van der Waals surface area contributed by atoms with Crippen molar-refractivity contribution in [2.45, 2.75) is 38.6 Å². The molecule has 2 heterocycles. The molecule has 0 spiro atoms. The largest absolute Gasteiger partial charge is 0.480 e. The zero-order valence-electron chi connectivity index (χ0n) is 11.3. The summed E-state index contributed by atoms with van der Waals surface area (Å²) in [5.41, 5.74) is -0.941. The van der Waals surface area contributed by atoms with Crippen molar-refractivity contribution in [3.63, 3.8) is 0 Å². The molecule has 6 nitrogen and oxygen atoms in total. The Morgan fingerprint density at radius 1 is 1.58 bits per heavy atom. The van der Waals surface area contributed by atoms with E-state index in [9.17, 15) is 9.90 Å². The van der Waals surface area contributed by atoms with Crippen LogP contribution in [0.1, 0.15) is 33.1 Å². The average Bonchev–Trinajstić information content (AvgIpc) is 2.40. The van der Waals surface area contributed by atoms with Crippen molar-refractivity contribution < 1.29 is 14.6 Å². The van der Waals surface area contributed by atoms with Crippen LogP contribution in [0.5, 0.6) is 5.88 Å². The lowest BCUT2D eigenvalue weighted by atomic mass is 9.89. The van der Waals surface area contributed by atoms with E-state index in [1.165, 1.54) is 0 Å². The number of hydrogen-bond acceptors (Lipinski definition) is 5. The third kappa shape index (κ3) is 2.62. The van der Waals surface area contributed by atoms with Gasteiger partial charge >= 0.3 is 5.97 Å². The van der Waals surface area contributed by atoms with Crippen LogP contribution in [0, 0.1) is 0 Å². The molecule has 0 aromatic carbocycles.